The third kappa shape index (κ3) is 6.17. The lowest BCUT2D eigenvalue weighted by Gasteiger charge is -2.36. The first-order valence-corrected chi connectivity index (χ1v) is 10.2. The van der Waals surface area contributed by atoms with Crippen molar-refractivity contribution in [2.75, 3.05) is 50.8 Å². The number of benzene rings is 2. The number of carbonyl (C=O) groups is 1. The lowest BCUT2D eigenvalue weighted by molar-refractivity contribution is -0.123. The molecule has 8 heteroatoms. The summed E-state index contributed by atoms with van der Waals surface area (Å²) in [6.07, 6.45) is 0. The van der Waals surface area contributed by atoms with Gasteiger partial charge in [-0.1, -0.05) is 34.8 Å². The van der Waals surface area contributed by atoms with Gasteiger partial charge >= 0.3 is 0 Å². The minimum Gasteiger partial charge on any atom is -0.482 e. The minimum absolute atomic E-state index is 0.0777. The molecule has 1 aliphatic rings. The van der Waals surface area contributed by atoms with Crippen molar-refractivity contribution in [3.63, 3.8) is 0 Å². The van der Waals surface area contributed by atoms with Gasteiger partial charge in [0, 0.05) is 55.0 Å². The van der Waals surface area contributed by atoms with Crippen molar-refractivity contribution in [2.24, 2.45) is 0 Å². The van der Waals surface area contributed by atoms with Crippen LogP contribution in [0.2, 0.25) is 15.1 Å². The second-order valence-corrected chi connectivity index (χ2v) is 7.80. The Morgan fingerprint density at radius 3 is 2.32 bits per heavy atom. The molecule has 1 fully saturated rings. The molecule has 0 radical (unpaired) electrons. The van der Waals surface area contributed by atoms with Crippen LogP contribution < -0.4 is 15.0 Å². The Balaban J connectivity index is 1.33. The van der Waals surface area contributed by atoms with E-state index < -0.39 is 0 Å². The standard InChI is InChI=1S/C20H22Cl3N3O2/c21-15-1-4-17(5-2-15)26-11-9-25(10-12-26)8-7-24-20(27)14-28-19-6-3-16(22)13-18(19)23/h1-6,13H,7-12,14H2,(H,24,27). The third-order valence-electron chi connectivity index (χ3n) is 4.57. The Kier molecular flexibility index (Phi) is 7.68. The van der Waals surface area contributed by atoms with Crippen LogP contribution in [-0.4, -0.2) is 56.7 Å². The van der Waals surface area contributed by atoms with Crippen LogP contribution in [0.25, 0.3) is 0 Å². The molecule has 0 atom stereocenters. The summed E-state index contributed by atoms with van der Waals surface area (Å²) in [6.45, 7) is 5.12. The SMILES string of the molecule is O=C(COc1ccc(Cl)cc1Cl)NCCN1CCN(c2ccc(Cl)cc2)CC1. The van der Waals surface area contributed by atoms with Gasteiger partial charge < -0.3 is 15.0 Å². The van der Waals surface area contributed by atoms with Gasteiger partial charge in [-0.3, -0.25) is 9.69 Å². The molecule has 0 aliphatic carbocycles. The average Bonchev–Trinajstić information content (AvgIpc) is 2.68. The van der Waals surface area contributed by atoms with E-state index in [-0.39, 0.29) is 12.5 Å². The summed E-state index contributed by atoms with van der Waals surface area (Å²) in [5.41, 5.74) is 1.19. The van der Waals surface area contributed by atoms with Crippen molar-refractivity contribution in [3.05, 3.63) is 57.5 Å². The van der Waals surface area contributed by atoms with E-state index in [0.29, 0.717) is 22.3 Å². The summed E-state index contributed by atoms with van der Waals surface area (Å²) in [5.74, 6) is 0.269. The number of anilines is 1. The predicted octanol–water partition coefficient (Wildman–Crippen LogP) is 3.96. The van der Waals surface area contributed by atoms with Gasteiger partial charge in [0.1, 0.15) is 5.75 Å². The number of piperazine rings is 1. The van der Waals surface area contributed by atoms with Crippen LogP contribution in [0.3, 0.4) is 0 Å². The molecule has 5 nitrogen and oxygen atoms in total. The fraction of sp³-hybridized carbons (Fsp3) is 0.350. The molecule has 0 spiro atoms. The highest BCUT2D eigenvalue weighted by Gasteiger charge is 2.17. The van der Waals surface area contributed by atoms with Gasteiger partial charge in [-0.15, -0.1) is 0 Å². The van der Waals surface area contributed by atoms with Crippen molar-refractivity contribution in [3.8, 4) is 5.75 Å². The first kappa shape index (κ1) is 21.1. The van der Waals surface area contributed by atoms with Crippen LogP contribution in [0.15, 0.2) is 42.5 Å². The molecule has 2 aromatic carbocycles. The maximum absolute atomic E-state index is 12.0. The van der Waals surface area contributed by atoms with Gasteiger partial charge in [0.15, 0.2) is 6.61 Å². The zero-order chi connectivity index (χ0) is 19.9. The second-order valence-electron chi connectivity index (χ2n) is 6.52. The van der Waals surface area contributed by atoms with Gasteiger partial charge in [0.25, 0.3) is 5.91 Å². The van der Waals surface area contributed by atoms with E-state index in [1.165, 1.54) is 5.69 Å². The van der Waals surface area contributed by atoms with Crippen LogP contribution in [0.1, 0.15) is 0 Å². The Morgan fingerprint density at radius 2 is 1.64 bits per heavy atom. The van der Waals surface area contributed by atoms with Gasteiger partial charge in [-0.25, -0.2) is 0 Å². The molecule has 1 saturated heterocycles. The third-order valence-corrected chi connectivity index (χ3v) is 5.35. The zero-order valence-electron chi connectivity index (χ0n) is 15.3. The number of hydrogen-bond donors (Lipinski definition) is 1. The number of carbonyl (C=O) groups excluding carboxylic acids is 1. The monoisotopic (exact) mass is 441 g/mol. The fourth-order valence-corrected chi connectivity index (χ4v) is 3.61. The van der Waals surface area contributed by atoms with E-state index in [9.17, 15) is 4.79 Å². The minimum atomic E-state index is -0.175. The van der Waals surface area contributed by atoms with Gasteiger partial charge in [0.2, 0.25) is 0 Å². The Bertz CT molecular complexity index is 794. The molecule has 1 heterocycles. The summed E-state index contributed by atoms with van der Waals surface area (Å²) in [5, 5.41) is 4.54. The normalized spacial score (nSPS) is 14.8. The number of rotatable bonds is 7. The van der Waals surface area contributed by atoms with E-state index in [1.807, 2.05) is 24.3 Å². The largest absolute Gasteiger partial charge is 0.482 e. The van der Waals surface area contributed by atoms with E-state index in [1.54, 1.807) is 18.2 Å². The summed E-state index contributed by atoms with van der Waals surface area (Å²) in [7, 11) is 0. The molecular weight excluding hydrogens is 421 g/mol. The number of hydrogen-bond acceptors (Lipinski definition) is 4. The summed E-state index contributed by atoms with van der Waals surface area (Å²) in [4.78, 5) is 16.6. The van der Waals surface area contributed by atoms with Crippen molar-refractivity contribution in [1.82, 2.24) is 10.2 Å². The fourth-order valence-electron chi connectivity index (χ4n) is 3.02. The lowest BCUT2D eigenvalue weighted by Crippen LogP contribution is -2.48. The molecule has 0 bridgehead atoms. The molecule has 0 aromatic heterocycles. The molecule has 150 valence electrons. The van der Waals surface area contributed by atoms with E-state index in [0.717, 1.165) is 37.7 Å². The van der Waals surface area contributed by atoms with Crippen LogP contribution in [0.5, 0.6) is 5.75 Å². The van der Waals surface area contributed by atoms with Crippen LogP contribution in [0, 0.1) is 0 Å². The molecule has 3 rings (SSSR count). The Hall–Kier alpha value is -1.66. The first-order valence-electron chi connectivity index (χ1n) is 9.09. The quantitative estimate of drug-likeness (QED) is 0.705. The lowest BCUT2D eigenvalue weighted by atomic mass is 10.2. The highest BCUT2D eigenvalue weighted by Crippen LogP contribution is 2.27. The molecule has 0 saturated carbocycles. The molecule has 1 N–H and O–H groups in total. The second kappa shape index (κ2) is 10.2. The summed E-state index contributed by atoms with van der Waals surface area (Å²) >= 11 is 17.8. The van der Waals surface area contributed by atoms with Gasteiger partial charge in [0.05, 0.1) is 5.02 Å². The Labute approximate surface area is 180 Å². The molecule has 1 amide bonds. The van der Waals surface area contributed by atoms with Crippen molar-refractivity contribution < 1.29 is 9.53 Å². The van der Waals surface area contributed by atoms with Crippen molar-refractivity contribution in [2.45, 2.75) is 0 Å². The number of amides is 1. The smallest absolute Gasteiger partial charge is 0.257 e. The van der Waals surface area contributed by atoms with Gasteiger partial charge in [-0.2, -0.15) is 0 Å². The van der Waals surface area contributed by atoms with Crippen molar-refractivity contribution in [1.29, 1.82) is 0 Å². The first-order chi connectivity index (χ1) is 13.5. The van der Waals surface area contributed by atoms with Crippen LogP contribution >= 0.6 is 34.8 Å². The summed E-state index contributed by atoms with van der Waals surface area (Å²) in [6, 6.07) is 12.8. The average molecular weight is 443 g/mol. The van der Waals surface area contributed by atoms with Crippen molar-refractivity contribution >= 4 is 46.4 Å². The zero-order valence-corrected chi connectivity index (χ0v) is 17.6. The Morgan fingerprint density at radius 1 is 0.964 bits per heavy atom. The molecule has 28 heavy (non-hydrogen) atoms. The highest BCUT2D eigenvalue weighted by molar-refractivity contribution is 6.35. The topological polar surface area (TPSA) is 44.8 Å². The maximum atomic E-state index is 12.0. The number of nitrogens with one attached hydrogen (secondary N) is 1. The van der Waals surface area contributed by atoms with E-state index in [4.69, 9.17) is 39.5 Å². The number of halogens is 3. The van der Waals surface area contributed by atoms with E-state index >= 15 is 0 Å². The van der Waals surface area contributed by atoms with Crippen LogP contribution in [0.4, 0.5) is 5.69 Å². The van der Waals surface area contributed by atoms with Gasteiger partial charge in [-0.05, 0) is 42.5 Å². The number of ether oxygens (including phenoxy) is 1. The van der Waals surface area contributed by atoms with Crippen LogP contribution in [-0.2, 0) is 4.79 Å². The number of nitrogens with zero attached hydrogens (tertiary/aromatic N) is 2. The summed E-state index contributed by atoms with van der Waals surface area (Å²) < 4.78 is 5.44. The molecule has 2 aromatic rings. The molecule has 0 unspecified atom stereocenters. The molecule has 1 aliphatic heterocycles. The highest BCUT2D eigenvalue weighted by atomic mass is 35.5. The molecular formula is C20H22Cl3N3O2. The predicted molar refractivity (Wildman–Crippen MR) is 115 cm³/mol. The van der Waals surface area contributed by atoms with E-state index in [2.05, 4.69) is 15.1 Å². The maximum Gasteiger partial charge on any atom is 0.257 e.